The number of aryl methyl sites for hydroxylation is 1. The van der Waals surface area contributed by atoms with Gasteiger partial charge in [-0.3, -0.25) is 5.10 Å². The highest BCUT2D eigenvalue weighted by Crippen LogP contribution is 2.09. The standard InChI is InChI=1S/C11H20N4O2/c1-7-5-9(15-14-7)8(12)6-13-10(16)17-11(2,3)4/h5,8H,6,12H2,1-4H3,(H,13,16)(H,14,15). The van der Waals surface area contributed by atoms with Crippen LogP contribution >= 0.6 is 0 Å². The molecule has 0 radical (unpaired) electrons. The number of ether oxygens (including phenoxy) is 1. The van der Waals surface area contributed by atoms with Gasteiger partial charge in [0.15, 0.2) is 0 Å². The van der Waals surface area contributed by atoms with Crippen molar-refractivity contribution < 1.29 is 9.53 Å². The lowest BCUT2D eigenvalue weighted by molar-refractivity contribution is 0.0524. The highest BCUT2D eigenvalue weighted by molar-refractivity contribution is 5.67. The molecule has 0 saturated heterocycles. The maximum Gasteiger partial charge on any atom is 0.407 e. The molecule has 1 rings (SSSR count). The molecule has 0 bridgehead atoms. The van der Waals surface area contributed by atoms with Crippen molar-refractivity contribution in [2.24, 2.45) is 5.73 Å². The van der Waals surface area contributed by atoms with E-state index in [9.17, 15) is 4.79 Å². The van der Waals surface area contributed by atoms with E-state index in [-0.39, 0.29) is 6.04 Å². The number of aromatic nitrogens is 2. The van der Waals surface area contributed by atoms with Crippen LogP contribution in [0.5, 0.6) is 0 Å². The molecule has 17 heavy (non-hydrogen) atoms. The van der Waals surface area contributed by atoms with Gasteiger partial charge in [0, 0.05) is 12.2 Å². The molecule has 1 heterocycles. The average molecular weight is 240 g/mol. The number of carbonyl (C=O) groups excluding carboxylic acids is 1. The lowest BCUT2D eigenvalue weighted by Crippen LogP contribution is -2.36. The summed E-state index contributed by atoms with van der Waals surface area (Å²) in [6, 6.07) is 1.51. The molecule has 0 saturated carbocycles. The van der Waals surface area contributed by atoms with Crippen LogP contribution in [-0.4, -0.2) is 28.4 Å². The summed E-state index contributed by atoms with van der Waals surface area (Å²) < 4.78 is 5.10. The van der Waals surface area contributed by atoms with E-state index < -0.39 is 11.7 Å². The molecule has 1 amide bonds. The van der Waals surface area contributed by atoms with E-state index in [0.717, 1.165) is 11.4 Å². The maximum atomic E-state index is 11.4. The first kappa shape index (κ1) is 13.5. The number of nitrogens with one attached hydrogen (secondary N) is 2. The van der Waals surface area contributed by atoms with Gasteiger partial charge >= 0.3 is 6.09 Å². The Kier molecular flexibility index (Phi) is 4.11. The Morgan fingerprint density at radius 2 is 2.29 bits per heavy atom. The number of nitrogens with zero attached hydrogens (tertiary/aromatic N) is 1. The number of hydrogen-bond acceptors (Lipinski definition) is 4. The Balaban J connectivity index is 2.38. The molecule has 1 unspecified atom stereocenters. The third kappa shape index (κ3) is 4.86. The Hall–Kier alpha value is -1.56. The first-order valence-corrected chi connectivity index (χ1v) is 5.52. The van der Waals surface area contributed by atoms with Gasteiger partial charge < -0.3 is 15.8 Å². The summed E-state index contributed by atoms with van der Waals surface area (Å²) in [6.07, 6.45) is -0.472. The Morgan fingerprint density at radius 3 is 2.76 bits per heavy atom. The van der Waals surface area contributed by atoms with Crippen molar-refractivity contribution >= 4 is 6.09 Å². The SMILES string of the molecule is Cc1cc(C(N)CNC(=O)OC(C)(C)C)n[nH]1. The molecule has 1 atom stereocenters. The highest BCUT2D eigenvalue weighted by atomic mass is 16.6. The van der Waals surface area contributed by atoms with E-state index in [1.54, 1.807) is 0 Å². The fourth-order valence-corrected chi connectivity index (χ4v) is 1.24. The number of carbonyl (C=O) groups is 1. The first-order valence-electron chi connectivity index (χ1n) is 5.52. The van der Waals surface area contributed by atoms with Crippen LogP contribution in [0, 0.1) is 6.92 Å². The normalized spacial score (nSPS) is 13.2. The number of nitrogens with two attached hydrogens (primary N) is 1. The predicted octanol–water partition coefficient (Wildman–Crippen LogP) is 1.24. The topological polar surface area (TPSA) is 93.0 Å². The monoisotopic (exact) mass is 240 g/mol. The first-order chi connectivity index (χ1) is 7.78. The minimum atomic E-state index is -0.503. The van der Waals surface area contributed by atoms with Crippen LogP contribution in [0.3, 0.4) is 0 Å². The van der Waals surface area contributed by atoms with Crippen LogP contribution in [0.4, 0.5) is 4.79 Å². The summed E-state index contributed by atoms with van der Waals surface area (Å²) in [4.78, 5) is 11.4. The largest absolute Gasteiger partial charge is 0.444 e. The molecular formula is C11H20N4O2. The molecule has 0 spiro atoms. The van der Waals surface area contributed by atoms with E-state index in [4.69, 9.17) is 10.5 Å². The van der Waals surface area contributed by atoms with E-state index >= 15 is 0 Å². The van der Waals surface area contributed by atoms with Crippen molar-refractivity contribution in [1.29, 1.82) is 0 Å². The molecule has 6 nitrogen and oxygen atoms in total. The van der Waals surface area contributed by atoms with Crippen LogP contribution < -0.4 is 11.1 Å². The number of aromatic amines is 1. The number of hydrogen-bond donors (Lipinski definition) is 3. The second-order valence-electron chi connectivity index (χ2n) is 4.97. The van der Waals surface area contributed by atoms with Crippen LogP contribution in [0.25, 0.3) is 0 Å². The number of alkyl carbamates (subject to hydrolysis) is 1. The average Bonchev–Trinajstić information content (AvgIpc) is 2.58. The van der Waals surface area contributed by atoms with E-state index in [1.165, 1.54) is 0 Å². The quantitative estimate of drug-likeness (QED) is 0.741. The minimum Gasteiger partial charge on any atom is -0.444 e. The summed E-state index contributed by atoms with van der Waals surface area (Å²) in [5.41, 5.74) is 7.02. The zero-order valence-corrected chi connectivity index (χ0v) is 10.7. The summed E-state index contributed by atoms with van der Waals surface area (Å²) in [6.45, 7) is 7.61. The molecule has 1 aromatic heterocycles. The second kappa shape index (κ2) is 5.18. The fourth-order valence-electron chi connectivity index (χ4n) is 1.24. The summed E-state index contributed by atoms with van der Waals surface area (Å²) in [7, 11) is 0. The highest BCUT2D eigenvalue weighted by Gasteiger charge is 2.17. The van der Waals surface area contributed by atoms with Crippen LogP contribution in [0.1, 0.15) is 38.2 Å². The fraction of sp³-hybridized carbons (Fsp3) is 0.636. The van der Waals surface area contributed by atoms with Crippen molar-refractivity contribution in [3.05, 3.63) is 17.5 Å². The van der Waals surface area contributed by atoms with Crippen molar-refractivity contribution in [2.75, 3.05) is 6.54 Å². The van der Waals surface area contributed by atoms with Gasteiger partial charge in [-0.1, -0.05) is 0 Å². The van der Waals surface area contributed by atoms with Gasteiger partial charge in [0.1, 0.15) is 5.60 Å². The zero-order valence-electron chi connectivity index (χ0n) is 10.7. The lowest BCUT2D eigenvalue weighted by atomic mass is 10.2. The van der Waals surface area contributed by atoms with Gasteiger partial charge in [0.2, 0.25) is 0 Å². The van der Waals surface area contributed by atoms with Crippen molar-refractivity contribution in [3.8, 4) is 0 Å². The summed E-state index contributed by atoms with van der Waals surface area (Å²) in [5, 5.41) is 9.43. The van der Waals surface area contributed by atoms with Gasteiger partial charge in [-0.25, -0.2) is 4.79 Å². The summed E-state index contributed by atoms with van der Waals surface area (Å²) in [5.74, 6) is 0. The van der Waals surface area contributed by atoms with Gasteiger partial charge in [-0.05, 0) is 33.8 Å². The second-order valence-corrected chi connectivity index (χ2v) is 4.97. The smallest absolute Gasteiger partial charge is 0.407 e. The Morgan fingerprint density at radius 1 is 1.65 bits per heavy atom. The van der Waals surface area contributed by atoms with Crippen molar-refractivity contribution in [2.45, 2.75) is 39.3 Å². The van der Waals surface area contributed by atoms with Crippen LogP contribution in [0.2, 0.25) is 0 Å². The molecule has 0 aliphatic carbocycles. The predicted molar refractivity (Wildman–Crippen MR) is 64.5 cm³/mol. The molecule has 0 aliphatic rings. The minimum absolute atomic E-state index is 0.291. The third-order valence-corrected chi connectivity index (χ3v) is 1.97. The van der Waals surface area contributed by atoms with E-state index in [2.05, 4.69) is 15.5 Å². The van der Waals surface area contributed by atoms with Gasteiger partial charge in [-0.2, -0.15) is 5.10 Å². The molecule has 4 N–H and O–H groups in total. The number of amides is 1. The van der Waals surface area contributed by atoms with Crippen molar-refractivity contribution in [3.63, 3.8) is 0 Å². The Labute approximate surface area is 101 Å². The van der Waals surface area contributed by atoms with Crippen molar-refractivity contribution in [1.82, 2.24) is 15.5 Å². The summed E-state index contributed by atoms with van der Waals surface area (Å²) >= 11 is 0. The van der Waals surface area contributed by atoms with E-state index in [1.807, 2.05) is 33.8 Å². The Bertz CT molecular complexity index is 381. The van der Waals surface area contributed by atoms with Gasteiger partial charge in [0.25, 0.3) is 0 Å². The van der Waals surface area contributed by atoms with Gasteiger partial charge in [-0.15, -0.1) is 0 Å². The van der Waals surface area contributed by atoms with E-state index in [0.29, 0.717) is 6.54 Å². The molecule has 0 aliphatic heterocycles. The third-order valence-electron chi connectivity index (χ3n) is 1.97. The molecule has 1 aromatic rings. The van der Waals surface area contributed by atoms with Crippen LogP contribution in [0.15, 0.2) is 6.07 Å². The van der Waals surface area contributed by atoms with Gasteiger partial charge in [0.05, 0.1) is 11.7 Å². The number of rotatable bonds is 3. The molecule has 6 heteroatoms. The maximum absolute atomic E-state index is 11.4. The molecular weight excluding hydrogens is 220 g/mol. The lowest BCUT2D eigenvalue weighted by Gasteiger charge is -2.20. The zero-order chi connectivity index (χ0) is 13.1. The van der Waals surface area contributed by atoms with Crippen LogP contribution in [-0.2, 0) is 4.74 Å². The molecule has 0 aromatic carbocycles. The number of H-pyrrole nitrogens is 1. The molecule has 96 valence electrons. The molecule has 0 fully saturated rings.